The van der Waals surface area contributed by atoms with Gasteiger partial charge in [-0.1, -0.05) is 356 Å². The van der Waals surface area contributed by atoms with Crippen molar-refractivity contribution >= 4 is 39.5 Å². The van der Waals surface area contributed by atoms with Crippen molar-refractivity contribution in [3.63, 3.8) is 0 Å². The van der Waals surface area contributed by atoms with Gasteiger partial charge < -0.3 is 33.8 Å². The molecule has 0 spiro atoms. The van der Waals surface area contributed by atoms with Gasteiger partial charge in [0.05, 0.1) is 26.4 Å². The van der Waals surface area contributed by atoms with Crippen LogP contribution in [0.2, 0.25) is 0 Å². The average molecular weight is 1420 g/mol. The number of ether oxygens (including phenoxy) is 4. The second-order valence-corrected chi connectivity index (χ2v) is 32.0. The van der Waals surface area contributed by atoms with Crippen LogP contribution in [-0.2, 0) is 65.4 Å². The summed E-state index contributed by atoms with van der Waals surface area (Å²) in [5.74, 6) is -0.543. The van der Waals surface area contributed by atoms with Crippen LogP contribution < -0.4 is 0 Å². The lowest BCUT2D eigenvalue weighted by Crippen LogP contribution is -2.30. The summed E-state index contributed by atoms with van der Waals surface area (Å²) < 4.78 is 68.6. The van der Waals surface area contributed by atoms with Crippen LogP contribution in [0.1, 0.15) is 408 Å². The van der Waals surface area contributed by atoms with E-state index in [1.807, 2.05) is 0 Å². The molecule has 0 amide bonds. The van der Waals surface area contributed by atoms with Crippen molar-refractivity contribution in [1.29, 1.82) is 0 Å². The van der Waals surface area contributed by atoms with Gasteiger partial charge in [-0.15, -0.1) is 0 Å². The number of hydrogen-bond acceptors (Lipinski definition) is 15. The molecule has 0 rings (SSSR count). The summed E-state index contributed by atoms with van der Waals surface area (Å²) in [5, 5.41) is 10.6. The molecular formula is C78H152O17P2. The van der Waals surface area contributed by atoms with Gasteiger partial charge in [0.1, 0.15) is 19.3 Å². The fourth-order valence-corrected chi connectivity index (χ4v) is 13.6. The number of phosphoric ester groups is 2. The van der Waals surface area contributed by atoms with Gasteiger partial charge >= 0.3 is 39.5 Å². The molecule has 2 unspecified atom stereocenters. The van der Waals surface area contributed by atoms with E-state index in [0.29, 0.717) is 25.7 Å². The number of unbranched alkanes of at least 4 members (excludes halogenated alkanes) is 47. The number of aliphatic hydroxyl groups is 1. The molecule has 97 heavy (non-hydrogen) atoms. The van der Waals surface area contributed by atoms with Crippen LogP contribution >= 0.6 is 15.6 Å². The smallest absolute Gasteiger partial charge is 0.462 e. The van der Waals surface area contributed by atoms with Crippen molar-refractivity contribution in [2.45, 2.75) is 426 Å². The maximum Gasteiger partial charge on any atom is 0.472 e. The molecule has 0 aliphatic rings. The Morgan fingerprint density at radius 3 is 0.701 bits per heavy atom. The number of carbonyl (C=O) groups is 4. The number of hydrogen-bond donors (Lipinski definition) is 3. The van der Waals surface area contributed by atoms with Crippen LogP contribution in [0.4, 0.5) is 0 Å². The van der Waals surface area contributed by atoms with Crippen LogP contribution in [0.5, 0.6) is 0 Å². The molecule has 0 heterocycles. The van der Waals surface area contributed by atoms with E-state index in [0.717, 1.165) is 102 Å². The lowest BCUT2D eigenvalue weighted by molar-refractivity contribution is -0.161. The first-order valence-corrected chi connectivity index (χ1v) is 43.5. The molecule has 0 bridgehead atoms. The Balaban J connectivity index is 5.26. The maximum absolute atomic E-state index is 13.1. The summed E-state index contributed by atoms with van der Waals surface area (Å²) in [6, 6.07) is 0. The number of rotatable bonds is 77. The van der Waals surface area contributed by atoms with Crippen molar-refractivity contribution in [1.82, 2.24) is 0 Å². The fraction of sp³-hybridized carbons (Fsp3) is 0.949. The van der Waals surface area contributed by atoms with E-state index in [-0.39, 0.29) is 25.7 Å². The standard InChI is InChI=1S/C78H152O17P2/c1-7-9-11-13-15-17-19-23-30-36-42-48-54-60-75(80)88-66-73(94-77(82)62-56-50-44-38-31-24-20-18-16-14-12-10-8-2)68-92-96(84,85)90-64-72(79)65-91-97(86,87)93-69-74(67-89-76(81)61-55-49-43-37-33-27-29-35-41-47-53-59-71(5)6)95-78(83)63-57-51-45-39-32-26-22-21-25-28-34-40-46-52-58-70(3)4/h70-74,79H,7-69H2,1-6H3,(H,84,85)(H,86,87)/t72-,73+,74+/m0/s1. The van der Waals surface area contributed by atoms with Crippen LogP contribution in [0.25, 0.3) is 0 Å². The first-order valence-electron chi connectivity index (χ1n) is 40.5. The molecule has 0 aromatic heterocycles. The van der Waals surface area contributed by atoms with Gasteiger partial charge in [-0.25, -0.2) is 9.13 Å². The Kier molecular flexibility index (Phi) is 68.4. The predicted octanol–water partition coefficient (Wildman–Crippen LogP) is 23.1. The van der Waals surface area contributed by atoms with Crippen LogP contribution in [0.3, 0.4) is 0 Å². The molecule has 0 fully saturated rings. The summed E-state index contributed by atoms with van der Waals surface area (Å²) in [5.41, 5.74) is 0. The van der Waals surface area contributed by atoms with E-state index in [4.69, 9.17) is 37.0 Å². The highest BCUT2D eigenvalue weighted by Crippen LogP contribution is 2.45. The number of esters is 4. The van der Waals surface area contributed by atoms with Crippen LogP contribution in [0, 0.1) is 11.8 Å². The minimum Gasteiger partial charge on any atom is -0.462 e. The van der Waals surface area contributed by atoms with E-state index < -0.39 is 97.5 Å². The quantitative estimate of drug-likeness (QED) is 0.0222. The van der Waals surface area contributed by atoms with Gasteiger partial charge in [-0.3, -0.25) is 37.3 Å². The van der Waals surface area contributed by atoms with Crippen molar-refractivity contribution < 1.29 is 80.2 Å². The molecule has 3 N–H and O–H groups in total. The van der Waals surface area contributed by atoms with Gasteiger partial charge in [0, 0.05) is 25.7 Å². The summed E-state index contributed by atoms with van der Waals surface area (Å²) in [6.45, 7) is 9.65. The molecule has 0 saturated carbocycles. The van der Waals surface area contributed by atoms with Crippen molar-refractivity contribution in [2.75, 3.05) is 39.6 Å². The highest BCUT2D eigenvalue weighted by molar-refractivity contribution is 7.47. The molecule has 0 radical (unpaired) electrons. The summed E-state index contributed by atoms with van der Waals surface area (Å²) in [6.07, 6.45) is 58.0. The first-order chi connectivity index (χ1) is 46.9. The summed E-state index contributed by atoms with van der Waals surface area (Å²) in [4.78, 5) is 72.9. The monoisotopic (exact) mass is 1420 g/mol. The van der Waals surface area contributed by atoms with Gasteiger partial charge in [0.25, 0.3) is 0 Å². The Hall–Kier alpha value is -1.94. The second-order valence-electron chi connectivity index (χ2n) is 29.1. The van der Waals surface area contributed by atoms with Crippen LogP contribution in [0.15, 0.2) is 0 Å². The minimum absolute atomic E-state index is 0.108. The van der Waals surface area contributed by atoms with E-state index >= 15 is 0 Å². The number of carbonyl (C=O) groups excluding carboxylic acids is 4. The van der Waals surface area contributed by atoms with E-state index in [2.05, 4.69) is 41.5 Å². The Bertz CT molecular complexity index is 1870. The van der Waals surface area contributed by atoms with Gasteiger partial charge in [0.2, 0.25) is 0 Å². The highest BCUT2D eigenvalue weighted by Gasteiger charge is 2.30. The third-order valence-corrected chi connectivity index (χ3v) is 20.1. The van der Waals surface area contributed by atoms with Gasteiger partial charge in [-0.2, -0.15) is 0 Å². The average Bonchev–Trinajstić information content (AvgIpc) is 1.50. The lowest BCUT2D eigenvalue weighted by atomic mass is 10.0. The molecular weight excluding hydrogens is 1270 g/mol. The summed E-state index contributed by atoms with van der Waals surface area (Å²) >= 11 is 0. The molecule has 0 aliphatic heterocycles. The van der Waals surface area contributed by atoms with Crippen molar-refractivity contribution in [2.24, 2.45) is 11.8 Å². The third kappa shape index (κ3) is 72.2. The first kappa shape index (κ1) is 95.1. The zero-order chi connectivity index (χ0) is 71.4. The fourth-order valence-electron chi connectivity index (χ4n) is 12.0. The van der Waals surface area contributed by atoms with E-state index in [1.54, 1.807) is 0 Å². The minimum atomic E-state index is -4.96. The van der Waals surface area contributed by atoms with E-state index in [9.17, 15) is 43.2 Å². The normalized spacial score (nSPS) is 14.0. The zero-order valence-corrected chi connectivity index (χ0v) is 65.2. The van der Waals surface area contributed by atoms with Crippen LogP contribution in [-0.4, -0.2) is 96.7 Å². The molecule has 0 aromatic rings. The molecule has 19 heteroatoms. The molecule has 0 aliphatic carbocycles. The molecule has 576 valence electrons. The highest BCUT2D eigenvalue weighted by atomic mass is 31.2. The van der Waals surface area contributed by atoms with Gasteiger partial charge in [-0.05, 0) is 37.5 Å². The Morgan fingerprint density at radius 1 is 0.278 bits per heavy atom. The summed E-state index contributed by atoms with van der Waals surface area (Å²) in [7, 11) is -9.92. The SMILES string of the molecule is CCCCCCCCCCCCCCCC(=O)OC[C@H](COP(=O)(O)OC[C@H](O)COP(=O)(O)OC[C@@H](COC(=O)CCCCCCCCCCCCCC(C)C)OC(=O)CCCCCCCCCCCCCCCCC(C)C)OC(=O)CCCCCCCCCCCCCCC. The zero-order valence-electron chi connectivity index (χ0n) is 63.4. The predicted molar refractivity (Wildman–Crippen MR) is 395 cm³/mol. The Morgan fingerprint density at radius 2 is 0.474 bits per heavy atom. The Labute approximate surface area is 594 Å². The number of aliphatic hydroxyl groups excluding tert-OH is 1. The topological polar surface area (TPSA) is 237 Å². The molecule has 0 saturated heterocycles. The van der Waals surface area contributed by atoms with Crippen molar-refractivity contribution in [3.8, 4) is 0 Å². The van der Waals surface area contributed by atoms with Crippen molar-refractivity contribution in [3.05, 3.63) is 0 Å². The molecule has 0 aromatic carbocycles. The second kappa shape index (κ2) is 69.8. The maximum atomic E-state index is 13.1. The van der Waals surface area contributed by atoms with E-state index in [1.165, 1.54) is 225 Å². The molecule has 5 atom stereocenters. The largest absolute Gasteiger partial charge is 0.472 e. The molecule has 17 nitrogen and oxygen atoms in total. The number of phosphoric acid groups is 2. The lowest BCUT2D eigenvalue weighted by Gasteiger charge is -2.21. The van der Waals surface area contributed by atoms with Gasteiger partial charge in [0.15, 0.2) is 12.2 Å². The third-order valence-electron chi connectivity index (χ3n) is 18.2.